The molecule has 174 valence electrons. The number of carbonyl (C=O) groups excluding carboxylic acids is 2. The summed E-state index contributed by atoms with van der Waals surface area (Å²) in [6.07, 6.45) is 2.44. The van der Waals surface area contributed by atoms with Crippen LogP contribution in [0.15, 0.2) is 48.5 Å². The average Bonchev–Trinajstić information content (AvgIpc) is 3.37. The van der Waals surface area contributed by atoms with Gasteiger partial charge in [0, 0.05) is 18.4 Å². The molecule has 0 aliphatic heterocycles. The Bertz CT molecular complexity index is 991. The van der Waals surface area contributed by atoms with Gasteiger partial charge in [0.2, 0.25) is 5.91 Å². The number of hydrogen-bond acceptors (Lipinski definition) is 4. The maximum atomic E-state index is 12.5. The largest absolute Gasteiger partial charge is 0.480 e. The molecule has 7 nitrogen and oxygen atoms in total. The fraction of sp³-hybridized carbons (Fsp3) is 0.423. The molecule has 1 saturated carbocycles. The lowest BCUT2D eigenvalue weighted by atomic mass is 9.98. The summed E-state index contributed by atoms with van der Waals surface area (Å²) in [6, 6.07) is 15.5. The summed E-state index contributed by atoms with van der Waals surface area (Å²) in [5.74, 6) is -1.14. The van der Waals surface area contributed by atoms with Crippen molar-refractivity contribution in [1.82, 2.24) is 10.6 Å². The molecule has 2 aromatic carbocycles. The van der Waals surface area contributed by atoms with Gasteiger partial charge in [-0.25, -0.2) is 9.59 Å². The molecule has 0 spiro atoms. The van der Waals surface area contributed by atoms with Crippen molar-refractivity contribution >= 4 is 18.0 Å². The molecular formula is C26H30N2O5. The number of fused-ring (bicyclic) bond motifs is 3. The Morgan fingerprint density at radius 2 is 1.67 bits per heavy atom. The highest BCUT2D eigenvalue weighted by molar-refractivity contribution is 5.83. The van der Waals surface area contributed by atoms with E-state index < -0.39 is 18.1 Å². The molecule has 2 unspecified atom stereocenters. The number of benzene rings is 2. The molecule has 4 rings (SSSR count). The summed E-state index contributed by atoms with van der Waals surface area (Å²) in [5.41, 5.74) is 4.72. The van der Waals surface area contributed by atoms with Gasteiger partial charge < -0.3 is 20.5 Å². The van der Waals surface area contributed by atoms with Crippen LogP contribution in [0.5, 0.6) is 0 Å². The first-order valence-electron chi connectivity index (χ1n) is 11.6. The molecule has 7 heteroatoms. The summed E-state index contributed by atoms with van der Waals surface area (Å²) in [5, 5.41) is 14.6. The predicted molar refractivity (Wildman–Crippen MR) is 124 cm³/mol. The van der Waals surface area contributed by atoms with E-state index in [-0.39, 0.29) is 36.8 Å². The second-order valence-corrected chi connectivity index (χ2v) is 8.92. The number of alkyl carbamates (subject to hydrolysis) is 1. The van der Waals surface area contributed by atoms with E-state index in [1.54, 1.807) is 6.92 Å². The molecule has 2 amide bonds. The van der Waals surface area contributed by atoms with E-state index >= 15 is 0 Å². The van der Waals surface area contributed by atoms with Gasteiger partial charge >= 0.3 is 12.1 Å². The molecule has 1 fully saturated rings. The highest BCUT2D eigenvalue weighted by atomic mass is 16.5. The fourth-order valence-electron chi connectivity index (χ4n) is 5.05. The van der Waals surface area contributed by atoms with E-state index in [1.807, 2.05) is 24.3 Å². The molecule has 2 aliphatic carbocycles. The summed E-state index contributed by atoms with van der Waals surface area (Å²) in [4.78, 5) is 35.7. The summed E-state index contributed by atoms with van der Waals surface area (Å²) < 4.78 is 5.62. The lowest BCUT2D eigenvalue weighted by molar-refractivity contribution is -0.142. The molecule has 0 bridgehead atoms. The van der Waals surface area contributed by atoms with Crippen LogP contribution in [0.25, 0.3) is 11.1 Å². The first-order valence-corrected chi connectivity index (χ1v) is 11.6. The Balaban J connectivity index is 1.26. The number of carbonyl (C=O) groups is 3. The number of hydrogen-bond donors (Lipinski definition) is 3. The average molecular weight is 451 g/mol. The van der Waals surface area contributed by atoms with Crippen LogP contribution in [0.4, 0.5) is 4.79 Å². The smallest absolute Gasteiger partial charge is 0.407 e. The Labute approximate surface area is 193 Å². The third kappa shape index (κ3) is 5.18. The van der Waals surface area contributed by atoms with Crippen molar-refractivity contribution < 1.29 is 24.2 Å². The third-order valence-electron chi connectivity index (χ3n) is 6.72. The van der Waals surface area contributed by atoms with Crippen LogP contribution in [-0.4, -0.2) is 41.8 Å². The van der Waals surface area contributed by atoms with Gasteiger partial charge in [0.15, 0.2) is 0 Å². The zero-order chi connectivity index (χ0) is 23.4. The maximum absolute atomic E-state index is 12.5. The van der Waals surface area contributed by atoms with Crippen LogP contribution in [0.2, 0.25) is 0 Å². The molecule has 0 radical (unpaired) electrons. The normalized spacial score (nSPS) is 19.9. The number of rotatable bonds is 8. The second-order valence-electron chi connectivity index (χ2n) is 8.92. The van der Waals surface area contributed by atoms with Crippen molar-refractivity contribution in [3.05, 3.63) is 59.7 Å². The highest BCUT2D eigenvalue weighted by Crippen LogP contribution is 2.44. The number of ether oxygens (including phenoxy) is 1. The van der Waals surface area contributed by atoms with E-state index in [9.17, 15) is 14.4 Å². The number of carboxylic acid groups (broad SMARTS) is 1. The molecule has 0 aromatic heterocycles. The van der Waals surface area contributed by atoms with Gasteiger partial charge in [-0.1, -0.05) is 55.5 Å². The predicted octanol–water partition coefficient (Wildman–Crippen LogP) is 4.06. The zero-order valence-corrected chi connectivity index (χ0v) is 18.8. The summed E-state index contributed by atoms with van der Waals surface area (Å²) >= 11 is 0. The van der Waals surface area contributed by atoms with Gasteiger partial charge in [-0.2, -0.15) is 0 Å². The van der Waals surface area contributed by atoms with Crippen molar-refractivity contribution in [2.75, 3.05) is 6.61 Å². The Morgan fingerprint density at radius 3 is 2.27 bits per heavy atom. The second kappa shape index (κ2) is 10.1. The van der Waals surface area contributed by atoms with Crippen LogP contribution in [0.3, 0.4) is 0 Å². The van der Waals surface area contributed by atoms with E-state index in [1.165, 1.54) is 22.3 Å². The lowest BCUT2D eigenvalue weighted by Gasteiger charge is -2.17. The molecule has 3 atom stereocenters. The standard InChI is InChI=1S/C26H30N2O5/c1-2-23(25(30)31)28-24(29)14-16-11-12-17(13-16)27-26(32)33-15-22-20-9-5-3-7-18(20)19-8-4-6-10-21(19)22/h3-10,16-17,22-23H,2,11-15H2,1H3,(H,27,32)(H,28,29)(H,30,31)/t16?,17?,23-/m0/s1. The first kappa shape index (κ1) is 22.8. The minimum absolute atomic E-state index is 0.0175. The topological polar surface area (TPSA) is 105 Å². The number of aliphatic carboxylic acids is 1. The van der Waals surface area contributed by atoms with Crippen molar-refractivity contribution in [1.29, 1.82) is 0 Å². The minimum atomic E-state index is -1.02. The minimum Gasteiger partial charge on any atom is -0.480 e. The van der Waals surface area contributed by atoms with Crippen LogP contribution < -0.4 is 10.6 Å². The van der Waals surface area contributed by atoms with Gasteiger partial charge in [0.05, 0.1) is 0 Å². The zero-order valence-electron chi connectivity index (χ0n) is 18.8. The maximum Gasteiger partial charge on any atom is 0.407 e. The van der Waals surface area contributed by atoms with Gasteiger partial charge in [-0.05, 0) is 53.9 Å². The van der Waals surface area contributed by atoms with E-state index in [4.69, 9.17) is 9.84 Å². The fourth-order valence-corrected chi connectivity index (χ4v) is 5.05. The molecular weight excluding hydrogens is 420 g/mol. The van der Waals surface area contributed by atoms with E-state index in [0.29, 0.717) is 12.8 Å². The third-order valence-corrected chi connectivity index (χ3v) is 6.72. The summed E-state index contributed by atoms with van der Waals surface area (Å²) in [7, 11) is 0. The van der Waals surface area contributed by atoms with Crippen LogP contribution in [0, 0.1) is 5.92 Å². The number of carboxylic acids is 1. The van der Waals surface area contributed by atoms with Gasteiger partial charge in [0.25, 0.3) is 0 Å². The van der Waals surface area contributed by atoms with Crippen molar-refractivity contribution in [2.24, 2.45) is 5.92 Å². The number of nitrogens with one attached hydrogen (secondary N) is 2. The quantitative estimate of drug-likeness (QED) is 0.563. The molecule has 2 aliphatic rings. The Morgan fingerprint density at radius 1 is 1.03 bits per heavy atom. The lowest BCUT2D eigenvalue weighted by Crippen LogP contribution is -2.40. The van der Waals surface area contributed by atoms with E-state index in [0.717, 1.165) is 12.8 Å². The monoisotopic (exact) mass is 450 g/mol. The molecule has 0 saturated heterocycles. The first-order chi connectivity index (χ1) is 16.0. The van der Waals surface area contributed by atoms with E-state index in [2.05, 4.69) is 34.9 Å². The summed E-state index contributed by atoms with van der Waals surface area (Å²) in [6.45, 7) is 2.00. The molecule has 3 N–H and O–H groups in total. The van der Waals surface area contributed by atoms with Gasteiger partial charge in [0.1, 0.15) is 12.6 Å². The number of amides is 2. The van der Waals surface area contributed by atoms with Crippen LogP contribution in [-0.2, 0) is 14.3 Å². The van der Waals surface area contributed by atoms with Crippen molar-refractivity contribution in [2.45, 2.75) is 57.0 Å². The van der Waals surface area contributed by atoms with Gasteiger partial charge in [-0.15, -0.1) is 0 Å². The molecule has 0 heterocycles. The van der Waals surface area contributed by atoms with Crippen molar-refractivity contribution in [3.8, 4) is 11.1 Å². The van der Waals surface area contributed by atoms with Crippen LogP contribution in [0.1, 0.15) is 56.1 Å². The van der Waals surface area contributed by atoms with Gasteiger partial charge in [-0.3, -0.25) is 4.79 Å². The Hall–Kier alpha value is -3.35. The highest BCUT2D eigenvalue weighted by Gasteiger charge is 2.31. The molecule has 33 heavy (non-hydrogen) atoms. The molecule has 2 aromatic rings. The van der Waals surface area contributed by atoms with Crippen LogP contribution >= 0.6 is 0 Å². The van der Waals surface area contributed by atoms with Crippen molar-refractivity contribution in [3.63, 3.8) is 0 Å². The SMILES string of the molecule is CC[C@H](NC(=O)CC1CCC(NC(=O)OCC2c3ccccc3-c3ccccc32)C1)C(=O)O. The Kier molecular flexibility index (Phi) is 6.96.